The average molecular weight is 252 g/mol. The molecule has 0 amide bonds. The Morgan fingerprint density at radius 3 is 2.50 bits per heavy atom. The van der Waals surface area contributed by atoms with Gasteiger partial charge >= 0.3 is 0 Å². The molecule has 106 valence electrons. The van der Waals surface area contributed by atoms with Crippen LogP contribution in [0.2, 0.25) is 0 Å². The third-order valence-electron chi connectivity index (χ3n) is 5.71. The van der Waals surface area contributed by atoms with Crippen LogP contribution in [0.1, 0.15) is 52.9 Å². The molecule has 1 aliphatic carbocycles. The molecule has 1 heterocycles. The maximum atomic E-state index is 3.58. The van der Waals surface area contributed by atoms with E-state index in [-0.39, 0.29) is 0 Å². The lowest BCUT2D eigenvalue weighted by Gasteiger charge is -2.46. The molecule has 1 saturated heterocycles. The van der Waals surface area contributed by atoms with Crippen LogP contribution in [0.5, 0.6) is 0 Å². The van der Waals surface area contributed by atoms with Gasteiger partial charge in [-0.25, -0.2) is 0 Å². The molecular weight excluding hydrogens is 220 g/mol. The highest BCUT2D eigenvalue weighted by molar-refractivity contribution is 4.92. The molecule has 0 spiro atoms. The van der Waals surface area contributed by atoms with Gasteiger partial charge in [-0.05, 0) is 57.0 Å². The van der Waals surface area contributed by atoms with E-state index in [1.807, 2.05) is 0 Å². The minimum absolute atomic E-state index is 0.730. The number of piperidine rings is 1. The predicted molar refractivity (Wildman–Crippen MR) is 78.8 cm³/mol. The summed E-state index contributed by atoms with van der Waals surface area (Å²) < 4.78 is 0. The quantitative estimate of drug-likeness (QED) is 0.830. The second kappa shape index (κ2) is 6.38. The number of nitrogens with zero attached hydrogens (tertiary/aromatic N) is 1. The summed E-state index contributed by atoms with van der Waals surface area (Å²) in [6, 6.07) is 1.53. The Morgan fingerprint density at radius 1 is 1.11 bits per heavy atom. The van der Waals surface area contributed by atoms with Crippen molar-refractivity contribution in [3.63, 3.8) is 0 Å². The normalized spacial score (nSPS) is 43.0. The van der Waals surface area contributed by atoms with Crippen LogP contribution in [0, 0.1) is 17.8 Å². The zero-order valence-corrected chi connectivity index (χ0v) is 12.8. The van der Waals surface area contributed by atoms with E-state index in [1.165, 1.54) is 45.2 Å². The summed E-state index contributed by atoms with van der Waals surface area (Å²) in [5.41, 5.74) is 0. The Morgan fingerprint density at radius 2 is 1.89 bits per heavy atom. The Balaban J connectivity index is 1.99. The summed E-state index contributed by atoms with van der Waals surface area (Å²) in [6.45, 7) is 9.87. The summed E-state index contributed by atoms with van der Waals surface area (Å²) in [5, 5.41) is 3.58. The largest absolute Gasteiger partial charge is 0.315 e. The summed E-state index contributed by atoms with van der Waals surface area (Å²) in [5.74, 6) is 2.76. The van der Waals surface area contributed by atoms with Crippen LogP contribution in [-0.2, 0) is 0 Å². The Kier molecular flexibility index (Phi) is 5.08. The van der Waals surface area contributed by atoms with E-state index < -0.39 is 0 Å². The monoisotopic (exact) mass is 252 g/mol. The first-order valence-electron chi connectivity index (χ1n) is 8.07. The zero-order chi connectivity index (χ0) is 13.1. The van der Waals surface area contributed by atoms with E-state index >= 15 is 0 Å². The molecule has 1 aliphatic heterocycles. The molecule has 2 nitrogen and oxygen atoms in total. The number of nitrogens with one attached hydrogen (secondary N) is 1. The smallest absolute Gasteiger partial charge is 0.0251 e. The molecule has 0 radical (unpaired) electrons. The van der Waals surface area contributed by atoms with Gasteiger partial charge in [0.2, 0.25) is 0 Å². The van der Waals surface area contributed by atoms with Crippen LogP contribution >= 0.6 is 0 Å². The van der Waals surface area contributed by atoms with Crippen LogP contribution in [0.25, 0.3) is 0 Å². The minimum atomic E-state index is 0.730. The fourth-order valence-corrected chi connectivity index (χ4v) is 3.94. The second-order valence-corrected chi connectivity index (χ2v) is 6.79. The lowest BCUT2D eigenvalue weighted by atomic mass is 9.78. The molecule has 0 bridgehead atoms. The fourth-order valence-electron chi connectivity index (χ4n) is 3.94. The van der Waals surface area contributed by atoms with Gasteiger partial charge in [0.1, 0.15) is 0 Å². The number of hydrogen-bond donors (Lipinski definition) is 1. The maximum absolute atomic E-state index is 3.58. The van der Waals surface area contributed by atoms with E-state index in [0.717, 1.165) is 29.8 Å². The summed E-state index contributed by atoms with van der Waals surface area (Å²) >= 11 is 0. The number of likely N-dealkylation sites (N-methyl/N-ethyl adjacent to an activating group) is 1. The van der Waals surface area contributed by atoms with Gasteiger partial charge in [-0.3, -0.25) is 4.90 Å². The molecule has 2 fully saturated rings. The molecule has 18 heavy (non-hydrogen) atoms. The van der Waals surface area contributed by atoms with Gasteiger partial charge in [-0.2, -0.15) is 0 Å². The lowest BCUT2D eigenvalue weighted by Crippen LogP contribution is -2.55. The van der Waals surface area contributed by atoms with Crippen molar-refractivity contribution < 1.29 is 0 Å². The van der Waals surface area contributed by atoms with Crippen molar-refractivity contribution in [1.82, 2.24) is 10.2 Å². The first-order chi connectivity index (χ1) is 8.65. The molecule has 5 unspecified atom stereocenters. The van der Waals surface area contributed by atoms with Crippen LogP contribution in [0.4, 0.5) is 0 Å². The van der Waals surface area contributed by atoms with Gasteiger partial charge in [-0.1, -0.05) is 27.2 Å². The minimum Gasteiger partial charge on any atom is -0.315 e. The second-order valence-electron chi connectivity index (χ2n) is 6.79. The fraction of sp³-hybridized carbons (Fsp3) is 1.00. The van der Waals surface area contributed by atoms with Crippen molar-refractivity contribution in [2.24, 2.45) is 17.8 Å². The van der Waals surface area contributed by atoms with Gasteiger partial charge in [0.05, 0.1) is 0 Å². The van der Waals surface area contributed by atoms with Gasteiger partial charge in [0.15, 0.2) is 0 Å². The Hall–Kier alpha value is -0.0800. The van der Waals surface area contributed by atoms with E-state index in [4.69, 9.17) is 0 Å². The Bertz CT molecular complexity index is 253. The lowest BCUT2D eigenvalue weighted by molar-refractivity contribution is 0.0449. The van der Waals surface area contributed by atoms with Crippen molar-refractivity contribution in [2.45, 2.75) is 65.0 Å². The average Bonchev–Trinajstić information content (AvgIpc) is 2.41. The van der Waals surface area contributed by atoms with Crippen molar-refractivity contribution in [3.8, 4) is 0 Å². The highest BCUT2D eigenvalue weighted by Gasteiger charge is 2.35. The first-order valence-corrected chi connectivity index (χ1v) is 8.07. The molecule has 0 aromatic carbocycles. The highest BCUT2D eigenvalue weighted by atomic mass is 15.2. The SMILES string of the molecule is CCC1CCC(NC)C(N2CCC(C)C(C)C2)C1. The van der Waals surface area contributed by atoms with Crippen molar-refractivity contribution in [1.29, 1.82) is 0 Å². The van der Waals surface area contributed by atoms with Crippen LogP contribution in [0.3, 0.4) is 0 Å². The summed E-state index contributed by atoms with van der Waals surface area (Å²) in [4.78, 5) is 2.80. The van der Waals surface area contributed by atoms with Gasteiger partial charge in [0, 0.05) is 18.6 Å². The topological polar surface area (TPSA) is 15.3 Å². The van der Waals surface area contributed by atoms with Crippen molar-refractivity contribution >= 4 is 0 Å². The molecule has 1 saturated carbocycles. The molecule has 2 rings (SSSR count). The zero-order valence-electron chi connectivity index (χ0n) is 12.8. The molecule has 5 atom stereocenters. The Labute approximate surface area is 114 Å². The van der Waals surface area contributed by atoms with Gasteiger partial charge in [-0.15, -0.1) is 0 Å². The standard InChI is InChI=1S/C16H32N2/c1-5-14-6-7-15(17-4)16(10-14)18-9-8-12(2)13(3)11-18/h12-17H,5-11H2,1-4H3. The first kappa shape index (κ1) is 14.3. The summed E-state index contributed by atoms with van der Waals surface area (Å²) in [7, 11) is 2.15. The maximum Gasteiger partial charge on any atom is 0.0251 e. The van der Waals surface area contributed by atoms with Gasteiger partial charge < -0.3 is 5.32 Å². The van der Waals surface area contributed by atoms with E-state index in [1.54, 1.807) is 0 Å². The number of rotatable bonds is 3. The summed E-state index contributed by atoms with van der Waals surface area (Å²) in [6.07, 6.45) is 6.99. The van der Waals surface area contributed by atoms with Crippen LogP contribution in [-0.4, -0.2) is 37.1 Å². The van der Waals surface area contributed by atoms with Crippen molar-refractivity contribution in [3.05, 3.63) is 0 Å². The van der Waals surface area contributed by atoms with Crippen molar-refractivity contribution in [2.75, 3.05) is 20.1 Å². The van der Waals surface area contributed by atoms with E-state index in [0.29, 0.717) is 0 Å². The number of likely N-dealkylation sites (tertiary alicyclic amines) is 1. The predicted octanol–water partition coefficient (Wildman–Crippen LogP) is 3.13. The van der Waals surface area contributed by atoms with Crippen LogP contribution < -0.4 is 5.32 Å². The molecule has 0 aromatic rings. The van der Waals surface area contributed by atoms with Crippen LogP contribution in [0.15, 0.2) is 0 Å². The van der Waals surface area contributed by atoms with Gasteiger partial charge in [0.25, 0.3) is 0 Å². The number of hydrogen-bond acceptors (Lipinski definition) is 2. The molecule has 1 N–H and O–H groups in total. The molecule has 2 aliphatic rings. The molecular formula is C16H32N2. The molecule has 2 heteroatoms. The third kappa shape index (κ3) is 3.08. The van der Waals surface area contributed by atoms with E-state index in [9.17, 15) is 0 Å². The van der Waals surface area contributed by atoms with E-state index in [2.05, 4.69) is 38.0 Å². The highest BCUT2D eigenvalue weighted by Crippen LogP contribution is 2.33. The molecule has 0 aromatic heterocycles. The third-order valence-corrected chi connectivity index (χ3v) is 5.71.